The first-order chi connectivity index (χ1) is 6.22. The van der Waals surface area contributed by atoms with Crippen LogP contribution in [0.1, 0.15) is 16.0 Å². The van der Waals surface area contributed by atoms with Crippen molar-refractivity contribution in [3.8, 4) is 0 Å². The van der Waals surface area contributed by atoms with Crippen molar-refractivity contribution in [1.82, 2.24) is 0 Å². The molecule has 1 nitrogen and oxygen atoms in total. The second-order valence-corrected chi connectivity index (χ2v) is 4.49. The number of fused-ring (bicyclic) bond motifs is 1. The molecule has 2 rings (SSSR count). The maximum Gasteiger partial charge on any atom is 0.0349 e. The molecule has 2 aromatic rings. The van der Waals surface area contributed by atoms with Crippen molar-refractivity contribution in [3.05, 3.63) is 34.2 Å². The second kappa shape index (κ2) is 3.13. The summed E-state index contributed by atoms with van der Waals surface area (Å²) in [5, 5.41) is 1.37. The number of hydrogen-bond acceptors (Lipinski definition) is 2. The van der Waals surface area contributed by atoms with E-state index in [0.29, 0.717) is 6.54 Å². The minimum atomic E-state index is 0.657. The molecule has 0 aliphatic rings. The van der Waals surface area contributed by atoms with E-state index < -0.39 is 0 Å². The Balaban J connectivity index is 2.77. The van der Waals surface area contributed by atoms with Gasteiger partial charge in [-0.25, -0.2) is 0 Å². The average molecular weight is 191 g/mol. The lowest BCUT2D eigenvalue weighted by Crippen LogP contribution is -1.94. The lowest BCUT2D eigenvalue weighted by molar-refractivity contribution is 1.09. The maximum absolute atomic E-state index is 5.66. The van der Waals surface area contributed by atoms with E-state index in [4.69, 9.17) is 5.73 Å². The fourth-order valence-electron chi connectivity index (χ4n) is 1.58. The van der Waals surface area contributed by atoms with Gasteiger partial charge in [0.25, 0.3) is 0 Å². The fraction of sp³-hybridized carbons (Fsp3) is 0.273. The molecule has 0 radical (unpaired) electrons. The Morgan fingerprint density at radius 1 is 1.31 bits per heavy atom. The Labute approximate surface area is 82.2 Å². The van der Waals surface area contributed by atoms with Crippen LogP contribution in [0.2, 0.25) is 0 Å². The van der Waals surface area contributed by atoms with Gasteiger partial charge in [-0.15, -0.1) is 11.3 Å². The molecule has 0 unspecified atom stereocenters. The van der Waals surface area contributed by atoms with Crippen LogP contribution >= 0.6 is 11.3 Å². The smallest absolute Gasteiger partial charge is 0.0349 e. The molecule has 2 heteroatoms. The van der Waals surface area contributed by atoms with Crippen LogP contribution in [-0.4, -0.2) is 0 Å². The Hall–Kier alpha value is -0.860. The van der Waals surface area contributed by atoms with Gasteiger partial charge < -0.3 is 5.73 Å². The van der Waals surface area contributed by atoms with E-state index in [1.54, 1.807) is 0 Å². The molecule has 0 fully saturated rings. The zero-order valence-electron chi connectivity index (χ0n) is 7.92. The summed E-state index contributed by atoms with van der Waals surface area (Å²) in [6.07, 6.45) is 0. The zero-order chi connectivity index (χ0) is 9.42. The number of thiophene rings is 1. The number of rotatable bonds is 1. The first kappa shape index (κ1) is 8.73. The molecule has 0 amide bonds. The van der Waals surface area contributed by atoms with Gasteiger partial charge in [0.05, 0.1) is 0 Å². The standard InChI is InChI=1S/C11H13NS/c1-7-3-4-10-9(5-7)8(2)11(6-12)13-10/h3-5H,6,12H2,1-2H3. The summed E-state index contributed by atoms with van der Waals surface area (Å²) in [5.74, 6) is 0. The molecule has 1 heterocycles. The summed E-state index contributed by atoms with van der Waals surface area (Å²) in [5.41, 5.74) is 8.33. The van der Waals surface area contributed by atoms with Crippen LogP contribution in [0.4, 0.5) is 0 Å². The summed E-state index contributed by atoms with van der Waals surface area (Å²) >= 11 is 1.81. The Bertz CT molecular complexity index is 443. The molecule has 0 aliphatic heterocycles. The summed E-state index contributed by atoms with van der Waals surface area (Å²) < 4.78 is 1.35. The Morgan fingerprint density at radius 2 is 2.08 bits per heavy atom. The highest BCUT2D eigenvalue weighted by Crippen LogP contribution is 2.30. The molecule has 68 valence electrons. The summed E-state index contributed by atoms with van der Waals surface area (Å²) in [4.78, 5) is 1.31. The second-order valence-electron chi connectivity index (χ2n) is 3.35. The molecule has 0 aliphatic carbocycles. The van der Waals surface area contributed by atoms with Gasteiger partial charge in [-0.3, -0.25) is 0 Å². The normalized spacial score (nSPS) is 11.0. The lowest BCUT2D eigenvalue weighted by Gasteiger charge is -1.94. The van der Waals surface area contributed by atoms with Crippen LogP contribution < -0.4 is 5.73 Å². The van der Waals surface area contributed by atoms with Gasteiger partial charge in [-0.2, -0.15) is 0 Å². The SMILES string of the molecule is Cc1ccc2sc(CN)c(C)c2c1. The van der Waals surface area contributed by atoms with Crippen LogP contribution in [0.5, 0.6) is 0 Å². The molecule has 0 saturated heterocycles. The molecular weight excluding hydrogens is 178 g/mol. The molecule has 2 N–H and O–H groups in total. The highest BCUT2D eigenvalue weighted by Gasteiger charge is 2.06. The predicted molar refractivity (Wildman–Crippen MR) is 59.2 cm³/mol. The van der Waals surface area contributed by atoms with Gasteiger partial charge in [0.2, 0.25) is 0 Å². The summed E-state index contributed by atoms with van der Waals surface area (Å²) in [6, 6.07) is 6.57. The van der Waals surface area contributed by atoms with Crippen LogP contribution in [0.15, 0.2) is 18.2 Å². The van der Waals surface area contributed by atoms with Crippen LogP contribution in [0.25, 0.3) is 10.1 Å². The van der Waals surface area contributed by atoms with Crippen LogP contribution in [0, 0.1) is 13.8 Å². The Kier molecular flexibility index (Phi) is 2.10. The van der Waals surface area contributed by atoms with Crippen molar-refractivity contribution >= 4 is 21.4 Å². The third-order valence-electron chi connectivity index (χ3n) is 2.38. The highest BCUT2D eigenvalue weighted by atomic mass is 32.1. The van der Waals surface area contributed by atoms with E-state index >= 15 is 0 Å². The van der Waals surface area contributed by atoms with E-state index in [1.165, 1.54) is 26.1 Å². The monoisotopic (exact) mass is 191 g/mol. The molecule has 1 aromatic carbocycles. The van der Waals surface area contributed by atoms with Crippen molar-refractivity contribution in [2.75, 3.05) is 0 Å². The maximum atomic E-state index is 5.66. The van der Waals surface area contributed by atoms with Gasteiger partial charge in [0, 0.05) is 16.1 Å². The Morgan fingerprint density at radius 3 is 2.77 bits per heavy atom. The predicted octanol–water partition coefficient (Wildman–Crippen LogP) is 2.98. The van der Waals surface area contributed by atoms with Gasteiger partial charge in [0.1, 0.15) is 0 Å². The van der Waals surface area contributed by atoms with E-state index in [0.717, 1.165) is 0 Å². The molecular formula is C11H13NS. The van der Waals surface area contributed by atoms with Crippen molar-refractivity contribution in [3.63, 3.8) is 0 Å². The van der Waals surface area contributed by atoms with Crippen molar-refractivity contribution < 1.29 is 0 Å². The number of nitrogens with two attached hydrogens (primary N) is 1. The molecule has 13 heavy (non-hydrogen) atoms. The topological polar surface area (TPSA) is 26.0 Å². The highest BCUT2D eigenvalue weighted by molar-refractivity contribution is 7.19. The third kappa shape index (κ3) is 1.36. The van der Waals surface area contributed by atoms with Crippen LogP contribution in [0.3, 0.4) is 0 Å². The average Bonchev–Trinajstić information content (AvgIpc) is 2.44. The number of benzene rings is 1. The fourth-order valence-corrected chi connectivity index (χ4v) is 2.65. The molecule has 0 saturated carbocycles. The molecule has 0 spiro atoms. The first-order valence-corrected chi connectivity index (χ1v) is 5.22. The van der Waals surface area contributed by atoms with Crippen molar-refractivity contribution in [2.24, 2.45) is 5.73 Å². The van der Waals surface area contributed by atoms with Gasteiger partial charge in [0.15, 0.2) is 0 Å². The van der Waals surface area contributed by atoms with Crippen LogP contribution in [-0.2, 0) is 6.54 Å². The largest absolute Gasteiger partial charge is 0.326 e. The minimum Gasteiger partial charge on any atom is -0.326 e. The number of aryl methyl sites for hydroxylation is 2. The first-order valence-electron chi connectivity index (χ1n) is 4.41. The number of hydrogen-bond donors (Lipinski definition) is 1. The zero-order valence-corrected chi connectivity index (χ0v) is 8.74. The third-order valence-corrected chi connectivity index (χ3v) is 3.67. The summed E-state index contributed by atoms with van der Waals surface area (Å²) in [6.45, 7) is 4.93. The van der Waals surface area contributed by atoms with Crippen molar-refractivity contribution in [1.29, 1.82) is 0 Å². The minimum absolute atomic E-state index is 0.657. The molecule has 1 aromatic heterocycles. The van der Waals surface area contributed by atoms with E-state index in [1.807, 2.05) is 11.3 Å². The molecule has 0 bridgehead atoms. The van der Waals surface area contributed by atoms with E-state index in [9.17, 15) is 0 Å². The van der Waals surface area contributed by atoms with E-state index in [-0.39, 0.29) is 0 Å². The van der Waals surface area contributed by atoms with E-state index in [2.05, 4.69) is 32.0 Å². The van der Waals surface area contributed by atoms with Gasteiger partial charge in [-0.1, -0.05) is 17.7 Å². The lowest BCUT2D eigenvalue weighted by atomic mass is 10.1. The van der Waals surface area contributed by atoms with Gasteiger partial charge >= 0.3 is 0 Å². The quantitative estimate of drug-likeness (QED) is 0.736. The molecule has 0 atom stereocenters. The summed E-state index contributed by atoms with van der Waals surface area (Å²) in [7, 11) is 0. The van der Waals surface area contributed by atoms with Crippen molar-refractivity contribution in [2.45, 2.75) is 20.4 Å². The van der Waals surface area contributed by atoms with Gasteiger partial charge in [-0.05, 0) is 30.9 Å².